The average Bonchev–Trinajstić information content (AvgIpc) is 2.53. The summed E-state index contributed by atoms with van der Waals surface area (Å²) >= 11 is 0. The zero-order valence-electron chi connectivity index (χ0n) is 11.6. The number of methoxy groups -OCH3 is 1. The number of rotatable bonds is 6. The summed E-state index contributed by atoms with van der Waals surface area (Å²) < 4.78 is 23.6. The largest absolute Gasteiger partial charge is 0.497 e. The molecule has 2 aromatic carbocycles. The maximum atomic E-state index is 13.6. The second kappa shape index (κ2) is 6.66. The molecule has 0 spiro atoms. The third kappa shape index (κ3) is 3.57. The minimum absolute atomic E-state index is 0.215. The molecule has 0 fully saturated rings. The summed E-state index contributed by atoms with van der Waals surface area (Å²) in [5.41, 5.74) is 0.00875. The molecule has 0 heterocycles. The van der Waals surface area contributed by atoms with Crippen molar-refractivity contribution in [3.8, 4) is 11.5 Å². The zero-order valence-corrected chi connectivity index (χ0v) is 11.6. The second-order valence-electron chi connectivity index (χ2n) is 4.31. The molecule has 0 atom stereocenters. The van der Waals surface area contributed by atoms with Crippen LogP contribution < -0.4 is 9.47 Å². The highest BCUT2D eigenvalue weighted by molar-refractivity contribution is 5.97. The first-order chi connectivity index (χ1) is 10.5. The van der Waals surface area contributed by atoms with Crippen molar-refractivity contribution in [3.05, 3.63) is 64.0 Å². The van der Waals surface area contributed by atoms with Crippen LogP contribution in [0.2, 0.25) is 0 Å². The molecule has 6 nitrogen and oxygen atoms in total. The van der Waals surface area contributed by atoms with Crippen molar-refractivity contribution in [3.63, 3.8) is 0 Å². The topological polar surface area (TPSA) is 78.7 Å². The van der Waals surface area contributed by atoms with E-state index < -0.39 is 10.7 Å². The first kappa shape index (κ1) is 15.4. The van der Waals surface area contributed by atoms with Crippen LogP contribution in [0.5, 0.6) is 11.5 Å². The number of benzene rings is 2. The van der Waals surface area contributed by atoms with Crippen LogP contribution in [0.1, 0.15) is 10.4 Å². The Kier molecular flexibility index (Phi) is 4.67. The lowest BCUT2D eigenvalue weighted by atomic mass is 10.1. The number of ketones is 1. The molecule has 2 aromatic rings. The minimum atomic E-state index is -0.892. The molecule has 0 amide bonds. The third-order valence-corrected chi connectivity index (χ3v) is 2.90. The summed E-state index contributed by atoms with van der Waals surface area (Å²) in [4.78, 5) is 21.7. The third-order valence-electron chi connectivity index (χ3n) is 2.90. The second-order valence-corrected chi connectivity index (χ2v) is 4.31. The van der Waals surface area contributed by atoms with Gasteiger partial charge in [0, 0.05) is 11.6 Å². The van der Waals surface area contributed by atoms with Gasteiger partial charge in [0.05, 0.1) is 18.1 Å². The highest BCUT2D eigenvalue weighted by Crippen LogP contribution is 2.22. The summed E-state index contributed by atoms with van der Waals surface area (Å²) in [6, 6.07) is 9.35. The van der Waals surface area contributed by atoms with E-state index in [0.717, 1.165) is 18.2 Å². The standard InChI is InChI=1S/C15H12FNO5/c1-21-12-5-2-10(3-6-12)14(18)9-22-15-7-4-11(17(19)20)8-13(15)16/h2-8H,9H2,1H3. The smallest absolute Gasteiger partial charge is 0.272 e. The van der Waals surface area contributed by atoms with Gasteiger partial charge in [-0.1, -0.05) is 0 Å². The van der Waals surface area contributed by atoms with Crippen molar-refractivity contribution in [1.82, 2.24) is 0 Å². The molecule has 0 saturated heterocycles. The van der Waals surface area contributed by atoms with Gasteiger partial charge in [0.15, 0.2) is 24.0 Å². The number of halogens is 1. The van der Waals surface area contributed by atoms with E-state index in [1.807, 2.05) is 0 Å². The van der Waals surface area contributed by atoms with Crippen LogP contribution in [0.3, 0.4) is 0 Å². The van der Waals surface area contributed by atoms with Gasteiger partial charge in [-0.15, -0.1) is 0 Å². The number of carbonyl (C=O) groups excluding carboxylic acids is 1. The Morgan fingerprint density at radius 2 is 1.91 bits per heavy atom. The predicted octanol–water partition coefficient (Wildman–Crippen LogP) is 3.00. The molecule has 7 heteroatoms. The highest BCUT2D eigenvalue weighted by Gasteiger charge is 2.13. The van der Waals surface area contributed by atoms with Gasteiger partial charge in [-0.05, 0) is 30.3 Å². The summed E-state index contributed by atoms with van der Waals surface area (Å²) in [7, 11) is 1.51. The molecule has 0 N–H and O–H groups in total. The number of carbonyl (C=O) groups is 1. The van der Waals surface area contributed by atoms with Crippen LogP contribution in [0.25, 0.3) is 0 Å². The summed E-state index contributed by atoms with van der Waals surface area (Å²) in [6.45, 7) is -0.374. The lowest BCUT2D eigenvalue weighted by Gasteiger charge is -2.07. The van der Waals surface area contributed by atoms with Gasteiger partial charge >= 0.3 is 0 Å². The van der Waals surface area contributed by atoms with Crippen LogP contribution in [0, 0.1) is 15.9 Å². The molecule has 0 unspecified atom stereocenters. The fourth-order valence-electron chi connectivity index (χ4n) is 1.72. The molecular formula is C15H12FNO5. The van der Waals surface area contributed by atoms with Gasteiger partial charge in [0.25, 0.3) is 5.69 Å². The Hall–Kier alpha value is -2.96. The van der Waals surface area contributed by atoms with E-state index in [0.29, 0.717) is 11.3 Å². The fourth-order valence-corrected chi connectivity index (χ4v) is 1.72. The molecule has 0 aromatic heterocycles. The number of hydrogen-bond donors (Lipinski definition) is 0. The van der Waals surface area contributed by atoms with Gasteiger partial charge in [-0.2, -0.15) is 0 Å². The molecule has 0 aliphatic carbocycles. The lowest BCUT2D eigenvalue weighted by Crippen LogP contribution is -2.12. The first-order valence-corrected chi connectivity index (χ1v) is 6.25. The quantitative estimate of drug-likeness (QED) is 0.465. The monoisotopic (exact) mass is 305 g/mol. The Morgan fingerprint density at radius 3 is 2.45 bits per heavy atom. The molecule has 0 saturated carbocycles. The molecule has 114 valence electrons. The van der Waals surface area contributed by atoms with Crippen molar-refractivity contribution < 1.29 is 23.6 Å². The van der Waals surface area contributed by atoms with E-state index >= 15 is 0 Å². The lowest BCUT2D eigenvalue weighted by molar-refractivity contribution is -0.385. The first-order valence-electron chi connectivity index (χ1n) is 6.25. The van der Waals surface area contributed by atoms with Crippen LogP contribution >= 0.6 is 0 Å². The molecular weight excluding hydrogens is 293 g/mol. The summed E-state index contributed by atoms with van der Waals surface area (Å²) in [5, 5.41) is 10.5. The number of non-ortho nitro benzene ring substituents is 1. The molecule has 2 rings (SSSR count). The average molecular weight is 305 g/mol. The fraction of sp³-hybridized carbons (Fsp3) is 0.133. The van der Waals surface area contributed by atoms with Crippen molar-refractivity contribution in [2.24, 2.45) is 0 Å². The molecule has 0 aliphatic rings. The molecule has 0 aliphatic heterocycles. The summed E-state index contributed by atoms with van der Waals surface area (Å²) in [5.74, 6) is -0.844. The van der Waals surface area contributed by atoms with E-state index in [-0.39, 0.29) is 23.8 Å². The number of Topliss-reactive ketones (excluding diaryl/α,β-unsaturated/α-hetero) is 1. The molecule has 0 radical (unpaired) electrons. The Bertz CT molecular complexity index is 700. The number of nitro benzene ring substituents is 1. The van der Waals surface area contributed by atoms with Crippen LogP contribution in [0.4, 0.5) is 10.1 Å². The zero-order chi connectivity index (χ0) is 16.1. The molecule has 22 heavy (non-hydrogen) atoms. The number of nitro groups is 1. The van der Waals surface area contributed by atoms with Crippen molar-refractivity contribution in [2.75, 3.05) is 13.7 Å². The van der Waals surface area contributed by atoms with Crippen LogP contribution in [0.15, 0.2) is 42.5 Å². The number of hydrogen-bond acceptors (Lipinski definition) is 5. The highest BCUT2D eigenvalue weighted by atomic mass is 19.1. The van der Waals surface area contributed by atoms with E-state index in [4.69, 9.17) is 9.47 Å². The molecule has 0 bridgehead atoms. The Morgan fingerprint density at radius 1 is 1.23 bits per heavy atom. The van der Waals surface area contributed by atoms with E-state index in [1.165, 1.54) is 7.11 Å². The van der Waals surface area contributed by atoms with Gasteiger partial charge in [0.1, 0.15) is 5.75 Å². The Balaban J connectivity index is 2.02. The van der Waals surface area contributed by atoms with Crippen LogP contribution in [-0.2, 0) is 0 Å². The van der Waals surface area contributed by atoms with Gasteiger partial charge in [0.2, 0.25) is 0 Å². The minimum Gasteiger partial charge on any atom is -0.497 e. The maximum Gasteiger partial charge on any atom is 0.272 e. The predicted molar refractivity (Wildman–Crippen MR) is 75.9 cm³/mol. The van der Waals surface area contributed by atoms with E-state index in [1.54, 1.807) is 24.3 Å². The van der Waals surface area contributed by atoms with Gasteiger partial charge < -0.3 is 9.47 Å². The number of nitrogens with zero attached hydrogens (tertiary/aromatic N) is 1. The van der Waals surface area contributed by atoms with Crippen LogP contribution in [-0.4, -0.2) is 24.4 Å². The normalized spacial score (nSPS) is 10.1. The van der Waals surface area contributed by atoms with Crippen molar-refractivity contribution in [2.45, 2.75) is 0 Å². The Labute approximate surface area is 125 Å². The summed E-state index contributed by atoms with van der Waals surface area (Å²) in [6.07, 6.45) is 0. The van der Waals surface area contributed by atoms with Crippen molar-refractivity contribution in [1.29, 1.82) is 0 Å². The van der Waals surface area contributed by atoms with E-state index in [2.05, 4.69) is 0 Å². The van der Waals surface area contributed by atoms with Crippen molar-refractivity contribution >= 4 is 11.5 Å². The number of ether oxygens (including phenoxy) is 2. The van der Waals surface area contributed by atoms with Gasteiger partial charge in [-0.3, -0.25) is 14.9 Å². The van der Waals surface area contributed by atoms with Gasteiger partial charge in [-0.25, -0.2) is 4.39 Å². The maximum absolute atomic E-state index is 13.6. The SMILES string of the molecule is COc1ccc(C(=O)COc2ccc([N+](=O)[O-])cc2F)cc1. The van der Waals surface area contributed by atoms with E-state index in [9.17, 15) is 19.3 Å².